The van der Waals surface area contributed by atoms with Crippen molar-refractivity contribution in [3.63, 3.8) is 0 Å². The molecule has 2 rings (SSSR count). The molecule has 1 aliphatic heterocycles. The Morgan fingerprint density at radius 2 is 2.45 bits per heavy atom. The highest BCUT2D eigenvalue weighted by atomic mass is 19.1. The first-order chi connectivity index (χ1) is 9.86. The number of aliphatic hydroxyl groups excluding tert-OH is 3. The number of aliphatic hydroxyl groups is 3. The molecule has 0 aliphatic carbocycles. The first-order valence-corrected chi connectivity index (χ1v) is 5.49. The molecular weight excluding hydrogens is 273 g/mol. The van der Waals surface area contributed by atoms with Gasteiger partial charge in [-0.3, -0.25) is 4.57 Å². The Balaban J connectivity index is 2.49. The maximum Gasteiger partial charge on any atom is 0.351 e. The summed E-state index contributed by atoms with van der Waals surface area (Å²) in [5, 5.41) is 29.1. The molecule has 8 nitrogen and oxygen atoms in total. The Hall–Kier alpha value is -1.99. The minimum absolute atomic E-state index is 0.586. The summed E-state index contributed by atoms with van der Waals surface area (Å²) in [5.41, 5.74) is 2.17. The number of hydrogen-bond donors (Lipinski definition) is 4. The molecule has 1 aromatic heterocycles. The number of aromatic nitrogens is 2. The molecule has 1 aromatic rings. The van der Waals surface area contributed by atoms with Crippen LogP contribution in [-0.2, 0) is 4.74 Å². The van der Waals surface area contributed by atoms with Crippen molar-refractivity contribution < 1.29 is 25.8 Å². The number of ether oxygens (including phenoxy) is 1. The fourth-order valence-corrected chi connectivity index (χ4v) is 1.92. The first kappa shape index (κ1) is 13.0. The molecule has 0 amide bonds. The van der Waals surface area contributed by atoms with Gasteiger partial charge in [0.05, 0.1) is 12.8 Å². The van der Waals surface area contributed by atoms with Gasteiger partial charge in [0.15, 0.2) is 23.5 Å². The van der Waals surface area contributed by atoms with Crippen LogP contribution in [0, 0.1) is 18.1 Å². The predicted molar refractivity (Wildman–Crippen MR) is 63.7 cm³/mol. The first-order valence-electron chi connectivity index (χ1n) is 5.99. The number of nitrogens with zero attached hydrogens (tertiary/aromatic N) is 2. The van der Waals surface area contributed by atoms with Gasteiger partial charge < -0.3 is 25.8 Å². The molecule has 1 unspecified atom stereocenters. The molecule has 0 saturated carbocycles. The van der Waals surface area contributed by atoms with E-state index in [0.717, 1.165) is 0 Å². The Morgan fingerprint density at radius 1 is 1.75 bits per heavy atom. The van der Waals surface area contributed by atoms with Gasteiger partial charge in [-0.1, -0.05) is 5.92 Å². The Labute approximate surface area is 113 Å². The maximum atomic E-state index is 13.4. The Bertz CT molecular complexity index is 672. The molecule has 4 atom stereocenters. The van der Waals surface area contributed by atoms with Crippen molar-refractivity contribution in [1.29, 1.82) is 0 Å². The van der Waals surface area contributed by atoms with Crippen molar-refractivity contribution in [3.8, 4) is 12.3 Å². The van der Waals surface area contributed by atoms with E-state index in [0.29, 0.717) is 10.8 Å². The molecule has 0 spiro atoms. The number of rotatable bonds is 2. The molecule has 108 valence electrons. The fourth-order valence-electron chi connectivity index (χ4n) is 1.92. The largest absolute Gasteiger partial charge is 0.392 e. The summed E-state index contributed by atoms with van der Waals surface area (Å²) in [4.78, 5) is 14.9. The third-order valence-electron chi connectivity index (χ3n) is 3.08. The third kappa shape index (κ3) is 1.95. The minimum atomic E-state index is -1.96. The van der Waals surface area contributed by atoms with Crippen molar-refractivity contribution in [2.75, 3.05) is 12.3 Å². The van der Waals surface area contributed by atoms with Gasteiger partial charge in [-0.2, -0.15) is 4.98 Å². The molecule has 5 N–H and O–H groups in total. The lowest BCUT2D eigenvalue weighted by atomic mass is 9.97. The number of nitrogens with two attached hydrogens (primary N) is 1. The molecule has 0 bridgehead atoms. The van der Waals surface area contributed by atoms with Gasteiger partial charge in [0, 0.05) is 0 Å². The van der Waals surface area contributed by atoms with Crippen LogP contribution in [0.2, 0.25) is 0 Å². The monoisotopic (exact) mass is 286 g/mol. The summed E-state index contributed by atoms with van der Waals surface area (Å²) in [5.74, 6) is 0.471. The highest BCUT2D eigenvalue weighted by Crippen LogP contribution is 2.36. The molecule has 1 saturated heterocycles. The Kier molecular flexibility index (Phi) is 3.15. The molecule has 0 radical (unpaired) electrons. The lowest BCUT2D eigenvalue weighted by Crippen LogP contribution is -2.45. The fraction of sp³-hybridized carbons (Fsp3) is 0.455. The lowest BCUT2D eigenvalue weighted by Gasteiger charge is -2.23. The Morgan fingerprint density at radius 3 is 3.05 bits per heavy atom. The van der Waals surface area contributed by atoms with Crippen LogP contribution in [0.15, 0.2) is 11.0 Å². The van der Waals surface area contributed by atoms with Gasteiger partial charge in [-0.05, 0) is 0 Å². The summed E-state index contributed by atoms with van der Waals surface area (Å²) < 4.78 is 26.0. The van der Waals surface area contributed by atoms with E-state index in [-0.39, 0.29) is 0 Å². The molecular formula is C11H12FN3O5. The van der Waals surface area contributed by atoms with Crippen LogP contribution in [0.1, 0.15) is 7.60 Å². The van der Waals surface area contributed by atoms with Crippen LogP contribution >= 0.6 is 0 Å². The van der Waals surface area contributed by atoms with Crippen molar-refractivity contribution in [2.24, 2.45) is 0 Å². The van der Waals surface area contributed by atoms with E-state index in [1.807, 2.05) is 0 Å². The SMILES string of the molecule is [2H]C#C[C@]1(CO)OC(n2cc(F)c(N)nc2=O)[C@@H](O)[C@@H]1O. The predicted octanol–water partition coefficient (Wildman–Crippen LogP) is -2.42. The highest BCUT2D eigenvalue weighted by molar-refractivity contribution is 5.27. The van der Waals surface area contributed by atoms with Crippen molar-refractivity contribution in [3.05, 3.63) is 22.5 Å². The van der Waals surface area contributed by atoms with E-state index < -0.39 is 48.0 Å². The minimum Gasteiger partial charge on any atom is -0.392 e. The average molecular weight is 286 g/mol. The van der Waals surface area contributed by atoms with Gasteiger partial charge in [0.1, 0.15) is 13.6 Å². The number of anilines is 1. The number of hydrogen-bond acceptors (Lipinski definition) is 7. The summed E-state index contributed by atoms with van der Waals surface area (Å²) >= 11 is 0. The maximum absolute atomic E-state index is 13.4. The van der Waals surface area contributed by atoms with Crippen LogP contribution in [0.3, 0.4) is 0 Å². The summed E-state index contributed by atoms with van der Waals surface area (Å²) in [6.45, 7) is -0.840. The van der Waals surface area contributed by atoms with E-state index >= 15 is 0 Å². The van der Waals surface area contributed by atoms with Crippen LogP contribution < -0.4 is 11.4 Å². The van der Waals surface area contributed by atoms with Crippen molar-refractivity contribution >= 4 is 5.82 Å². The molecule has 0 aromatic carbocycles. The third-order valence-corrected chi connectivity index (χ3v) is 3.08. The molecule has 2 heterocycles. The summed E-state index contributed by atoms with van der Waals surface area (Å²) in [6, 6.07) is 0. The normalized spacial score (nSPS) is 33.4. The van der Waals surface area contributed by atoms with E-state index in [4.69, 9.17) is 11.8 Å². The highest BCUT2D eigenvalue weighted by Gasteiger charge is 2.54. The second kappa shape index (κ2) is 4.84. The van der Waals surface area contributed by atoms with Gasteiger partial charge in [0.2, 0.25) is 0 Å². The number of halogens is 1. The number of nitrogen functional groups attached to an aromatic ring is 1. The second-order valence-corrected chi connectivity index (χ2v) is 4.28. The smallest absolute Gasteiger partial charge is 0.351 e. The van der Waals surface area contributed by atoms with Crippen molar-refractivity contribution in [1.82, 2.24) is 9.55 Å². The van der Waals surface area contributed by atoms with E-state index in [1.165, 1.54) is 0 Å². The molecule has 1 aliphatic rings. The molecule has 1 fully saturated rings. The van der Waals surface area contributed by atoms with Gasteiger partial charge in [-0.15, -0.1) is 6.40 Å². The standard InChI is InChI=1S/C11H12FN3O5/c1-2-11(4-16)7(18)6(17)9(20-11)15-3-5(12)8(13)14-10(15)19/h1,3,6-7,9,16-18H,4H2,(H2,13,14,19)/t6-,7-,9?,11+/m0/s1/i1D. The number of terminal acetylenes is 1. The van der Waals surface area contributed by atoms with E-state index in [9.17, 15) is 24.5 Å². The average Bonchev–Trinajstić information content (AvgIpc) is 2.69. The van der Waals surface area contributed by atoms with Gasteiger partial charge in [-0.25, -0.2) is 9.18 Å². The van der Waals surface area contributed by atoms with Crippen LogP contribution in [0.4, 0.5) is 10.2 Å². The van der Waals surface area contributed by atoms with E-state index in [2.05, 4.69) is 10.9 Å². The zero-order chi connectivity index (χ0) is 15.8. The zero-order valence-electron chi connectivity index (χ0n) is 11.0. The van der Waals surface area contributed by atoms with Gasteiger partial charge >= 0.3 is 5.69 Å². The lowest BCUT2D eigenvalue weighted by molar-refractivity contribution is -0.0938. The quantitative estimate of drug-likeness (QED) is 0.445. The van der Waals surface area contributed by atoms with Gasteiger partial charge in [0.25, 0.3) is 0 Å². The summed E-state index contributed by atoms with van der Waals surface area (Å²) in [6.07, 6.45) is -2.58. The van der Waals surface area contributed by atoms with E-state index in [1.54, 1.807) is 6.40 Å². The zero-order valence-corrected chi connectivity index (χ0v) is 10.0. The van der Waals surface area contributed by atoms with Crippen LogP contribution in [0.5, 0.6) is 0 Å². The van der Waals surface area contributed by atoms with Crippen LogP contribution in [-0.4, -0.2) is 49.3 Å². The molecule has 9 heteroatoms. The van der Waals surface area contributed by atoms with Crippen molar-refractivity contribution in [2.45, 2.75) is 24.0 Å². The van der Waals surface area contributed by atoms with Crippen LogP contribution in [0.25, 0.3) is 0 Å². The topological polar surface area (TPSA) is 131 Å². The second-order valence-electron chi connectivity index (χ2n) is 4.28. The summed E-state index contributed by atoms with van der Waals surface area (Å²) in [7, 11) is 0. The molecule has 20 heavy (non-hydrogen) atoms.